The Bertz CT molecular complexity index is 722. The minimum absolute atomic E-state index is 0.0605. The Morgan fingerprint density at radius 2 is 1.70 bits per heavy atom. The van der Waals surface area contributed by atoms with Crippen LogP contribution in [0, 0.1) is 0 Å². The zero-order valence-corrected chi connectivity index (χ0v) is 13.1. The van der Waals surface area contributed by atoms with E-state index < -0.39 is 6.10 Å². The fourth-order valence-electron chi connectivity index (χ4n) is 2.80. The molecule has 3 rings (SSSR count). The van der Waals surface area contributed by atoms with Crippen LogP contribution in [0.2, 0.25) is 0 Å². The standard InChI is InChI=1S/C20H19NO2/c1-3-21-18(15(2)14-16-10-6-4-7-11-16)19(20(21)22)23-17-12-8-5-9-13-17/h3-14,18-19H,1H2,2H3/b15-14-/t18-,19+/m1/s1. The smallest absolute Gasteiger partial charge is 0.270 e. The first kappa shape index (κ1) is 15.1. The maximum Gasteiger partial charge on any atom is 0.270 e. The molecule has 0 aliphatic carbocycles. The van der Waals surface area contributed by atoms with Gasteiger partial charge in [-0.15, -0.1) is 0 Å². The van der Waals surface area contributed by atoms with Gasteiger partial charge in [0.15, 0.2) is 0 Å². The van der Waals surface area contributed by atoms with Crippen molar-refractivity contribution in [1.29, 1.82) is 0 Å². The van der Waals surface area contributed by atoms with Gasteiger partial charge < -0.3 is 9.64 Å². The van der Waals surface area contributed by atoms with Crippen molar-refractivity contribution in [2.45, 2.75) is 19.1 Å². The van der Waals surface area contributed by atoms with Gasteiger partial charge in [-0.05, 0) is 30.2 Å². The van der Waals surface area contributed by atoms with E-state index in [4.69, 9.17) is 4.74 Å². The summed E-state index contributed by atoms with van der Waals surface area (Å²) in [6.07, 6.45) is 3.14. The topological polar surface area (TPSA) is 29.5 Å². The molecule has 0 bridgehead atoms. The van der Waals surface area contributed by atoms with Crippen molar-refractivity contribution in [3.63, 3.8) is 0 Å². The van der Waals surface area contributed by atoms with Crippen LogP contribution in [-0.2, 0) is 4.79 Å². The van der Waals surface area contributed by atoms with Crippen LogP contribution < -0.4 is 4.74 Å². The van der Waals surface area contributed by atoms with Crippen molar-refractivity contribution in [1.82, 2.24) is 4.90 Å². The second kappa shape index (κ2) is 6.53. The molecule has 0 radical (unpaired) electrons. The predicted molar refractivity (Wildman–Crippen MR) is 91.8 cm³/mol. The Balaban J connectivity index is 1.83. The van der Waals surface area contributed by atoms with Crippen LogP contribution in [0.1, 0.15) is 12.5 Å². The number of hydrogen-bond acceptors (Lipinski definition) is 2. The zero-order valence-electron chi connectivity index (χ0n) is 13.1. The van der Waals surface area contributed by atoms with Gasteiger partial charge in [-0.25, -0.2) is 0 Å². The van der Waals surface area contributed by atoms with Crippen LogP contribution in [0.15, 0.2) is 79.0 Å². The van der Waals surface area contributed by atoms with Crippen LogP contribution in [0.5, 0.6) is 5.75 Å². The summed E-state index contributed by atoms with van der Waals surface area (Å²) in [5, 5.41) is 0. The quantitative estimate of drug-likeness (QED) is 0.784. The van der Waals surface area contributed by atoms with Gasteiger partial charge in [0.2, 0.25) is 6.10 Å². The number of ether oxygens (including phenoxy) is 1. The molecule has 3 heteroatoms. The largest absolute Gasteiger partial charge is 0.478 e. The third kappa shape index (κ3) is 3.04. The second-order valence-electron chi connectivity index (χ2n) is 5.52. The highest BCUT2D eigenvalue weighted by Gasteiger charge is 2.48. The van der Waals surface area contributed by atoms with Crippen molar-refractivity contribution in [2.75, 3.05) is 0 Å². The summed E-state index contributed by atoms with van der Waals surface area (Å²) in [5.74, 6) is 0.640. The third-order valence-electron chi connectivity index (χ3n) is 3.95. The Labute approximate surface area is 136 Å². The summed E-state index contributed by atoms with van der Waals surface area (Å²) in [5.41, 5.74) is 2.17. The van der Waals surface area contributed by atoms with Gasteiger partial charge in [0, 0.05) is 6.20 Å². The van der Waals surface area contributed by atoms with Crippen molar-refractivity contribution < 1.29 is 9.53 Å². The fourth-order valence-corrected chi connectivity index (χ4v) is 2.80. The van der Waals surface area contributed by atoms with Gasteiger partial charge in [-0.2, -0.15) is 0 Å². The minimum Gasteiger partial charge on any atom is -0.478 e. The van der Waals surface area contributed by atoms with Gasteiger partial charge in [-0.1, -0.05) is 61.2 Å². The molecule has 0 aromatic heterocycles. The number of likely N-dealkylation sites (tertiary alicyclic amines) is 1. The van der Waals surface area contributed by atoms with Crippen molar-refractivity contribution in [2.24, 2.45) is 0 Å². The number of amides is 1. The SMILES string of the molecule is C=CN1C(=O)[C@@H](Oc2ccccc2)[C@H]1/C(C)=C\c1ccccc1. The van der Waals surface area contributed by atoms with Crippen LogP contribution in [0.25, 0.3) is 6.08 Å². The molecule has 1 fully saturated rings. The third-order valence-corrected chi connectivity index (χ3v) is 3.95. The lowest BCUT2D eigenvalue weighted by molar-refractivity contribution is -0.154. The highest BCUT2D eigenvalue weighted by molar-refractivity contribution is 5.91. The molecule has 2 aromatic rings. The van der Waals surface area contributed by atoms with Gasteiger partial charge >= 0.3 is 0 Å². The van der Waals surface area contributed by atoms with E-state index in [-0.39, 0.29) is 11.9 Å². The summed E-state index contributed by atoms with van der Waals surface area (Å²) in [6, 6.07) is 19.3. The average molecular weight is 305 g/mol. The van der Waals surface area contributed by atoms with E-state index in [9.17, 15) is 4.79 Å². The molecule has 0 N–H and O–H groups in total. The van der Waals surface area contributed by atoms with Gasteiger partial charge in [-0.3, -0.25) is 4.79 Å². The molecule has 1 amide bonds. The van der Waals surface area contributed by atoms with E-state index in [1.54, 1.807) is 11.1 Å². The lowest BCUT2D eigenvalue weighted by Crippen LogP contribution is -2.65. The summed E-state index contributed by atoms with van der Waals surface area (Å²) in [7, 11) is 0. The van der Waals surface area contributed by atoms with Crippen molar-refractivity contribution >= 4 is 12.0 Å². The molecule has 0 spiro atoms. The number of β-lactam (4-membered cyclic amide) rings is 1. The summed E-state index contributed by atoms with van der Waals surface area (Å²) >= 11 is 0. The zero-order chi connectivity index (χ0) is 16.2. The summed E-state index contributed by atoms with van der Waals surface area (Å²) in [6.45, 7) is 5.75. The number of para-hydroxylation sites is 1. The molecule has 23 heavy (non-hydrogen) atoms. The average Bonchev–Trinajstić information content (AvgIpc) is 2.59. The van der Waals surface area contributed by atoms with Crippen LogP contribution >= 0.6 is 0 Å². The molecule has 2 atom stereocenters. The summed E-state index contributed by atoms with van der Waals surface area (Å²) in [4.78, 5) is 13.9. The highest BCUT2D eigenvalue weighted by Crippen LogP contribution is 2.31. The van der Waals surface area contributed by atoms with E-state index in [1.807, 2.05) is 67.6 Å². The Hall–Kier alpha value is -2.81. The lowest BCUT2D eigenvalue weighted by Gasteiger charge is -2.45. The molecule has 1 aliphatic heterocycles. The van der Waals surface area contributed by atoms with E-state index in [2.05, 4.69) is 12.7 Å². The number of nitrogens with zero attached hydrogens (tertiary/aromatic N) is 1. The van der Waals surface area contributed by atoms with Gasteiger partial charge in [0.05, 0.1) is 0 Å². The number of benzene rings is 2. The Kier molecular flexibility index (Phi) is 4.29. The van der Waals surface area contributed by atoms with Crippen LogP contribution in [0.3, 0.4) is 0 Å². The molecule has 1 saturated heterocycles. The molecule has 3 nitrogen and oxygen atoms in total. The number of carbonyl (C=O) groups excluding carboxylic acids is 1. The van der Waals surface area contributed by atoms with E-state index >= 15 is 0 Å². The highest BCUT2D eigenvalue weighted by atomic mass is 16.5. The molecule has 0 unspecified atom stereocenters. The lowest BCUT2D eigenvalue weighted by atomic mass is 9.90. The van der Waals surface area contributed by atoms with E-state index in [1.165, 1.54) is 0 Å². The maximum absolute atomic E-state index is 12.3. The van der Waals surface area contributed by atoms with Crippen LogP contribution in [-0.4, -0.2) is 23.0 Å². The predicted octanol–water partition coefficient (Wildman–Crippen LogP) is 3.89. The van der Waals surface area contributed by atoms with E-state index in [0.717, 1.165) is 11.1 Å². The van der Waals surface area contributed by atoms with E-state index in [0.29, 0.717) is 5.75 Å². The molecule has 2 aromatic carbocycles. The first-order valence-electron chi connectivity index (χ1n) is 7.60. The minimum atomic E-state index is -0.504. The normalized spacial score (nSPS) is 20.8. The van der Waals surface area contributed by atoms with Crippen molar-refractivity contribution in [3.05, 3.63) is 84.6 Å². The Morgan fingerprint density at radius 3 is 2.30 bits per heavy atom. The molecule has 1 aliphatic rings. The number of rotatable bonds is 5. The molecular weight excluding hydrogens is 286 g/mol. The molecular formula is C20H19NO2. The maximum atomic E-state index is 12.3. The number of hydrogen-bond donors (Lipinski definition) is 0. The second-order valence-corrected chi connectivity index (χ2v) is 5.52. The van der Waals surface area contributed by atoms with Crippen LogP contribution in [0.4, 0.5) is 0 Å². The molecule has 116 valence electrons. The van der Waals surface area contributed by atoms with Gasteiger partial charge in [0.25, 0.3) is 5.91 Å². The Morgan fingerprint density at radius 1 is 1.09 bits per heavy atom. The first-order chi connectivity index (χ1) is 11.2. The van der Waals surface area contributed by atoms with Crippen molar-refractivity contribution in [3.8, 4) is 5.75 Å². The first-order valence-corrected chi connectivity index (χ1v) is 7.60. The van der Waals surface area contributed by atoms with Gasteiger partial charge in [0.1, 0.15) is 11.8 Å². The number of carbonyl (C=O) groups is 1. The monoisotopic (exact) mass is 305 g/mol. The summed E-state index contributed by atoms with van der Waals surface area (Å²) < 4.78 is 5.89. The molecule has 0 saturated carbocycles. The molecule has 1 heterocycles. The fraction of sp³-hybridized carbons (Fsp3) is 0.150.